The summed E-state index contributed by atoms with van der Waals surface area (Å²) in [6.45, 7) is -0.766. The van der Waals surface area contributed by atoms with Gasteiger partial charge in [-0.2, -0.15) is 4.39 Å². The number of aromatic nitrogens is 4. The largest absolute Gasteiger partial charge is 0.573 e. The summed E-state index contributed by atoms with van der Waals surface area (Å²) in [4.78, 5) is 35.0. The molecule has 2 heterocycles. The maximum absolute atomic E-state index is 14.5. The van der Waals surface area contributed by atoms with Crippen LogP contribution in [0.2, 0.25) is 0 Å². The van der Waals surface area contributed by atoms with Gasteiger partial charge in [0.2, 0.25) is 12.0 Å². The fraction of sp³-hybridized carbons (Fsp3) is 0.318. The minimum absolute atomic E-state index is 0.151. The summed E-state index contributed by atoms with van der Waals surface area (Å²) in [6.07, 6.45) is -6.62. The van der Waals surface area contributed by atoms with Gasteiger partial charge in [0.25, 0.3) is 11.5 Å². The Kier molecular flexibility index (Phi) is 9.18. The van der Waals surface area contributed by atoms with Crippen LogP contribution in [0, 0.1) is 5.82 Å². The van der Waals surface area contributed by atoms with Gasteiger partial charge in [0.15, 0.2) is 5.69 Å². The molecular formula is C22H21F5N6O6. The number of aliphatic carboxylic acids is 1. The second-order valence-corrected chi connectivity index (χ2v) is 8.02. The number of alkyl halides is 4. The number of nitrogens with zero attached hydrogens (tertiary/aromatic N) is 4. The number of halogens is 5. The molecule has 0 fully saturated rings. The lowest BCUT2D eigenvalue weighted by molar-refractivity contribution is -0.274. The molecule has 0 aliphatic rings. The summed E-state index contributed by atoms with van der Waals surface area (Å²) in [5.74, 6) is -4.22. The molecule has 2 atom stereocenters. The van der Waals surface area contributed by atoms with Crippen LogP contribution < -0.4 is 20.9 Å². The number of anilines is 1. The van der Waals surface area contributed by atoms with Gasteiger partial charge in [-0.25, -0.2) is 13.9 Å². The summed E-state index contributed by atoms with van der Waals surface area (Å²) in [5, 5.41) is 29.5. The third kappa shape index (κ3) is 8.49. The van der Waals surface area contributed by atoms with Gasteiger partial charge in [0.1, 0.15) is 11.9 Å². The number of aliphatic hydroxyl groups is 1. The Hall–Kier alpha value is -4.54. The van der Waals surface area contributed by atoms with Crippen LogP contribution in [0.5, 0.6) is 5.75 Å². The fourth-order valence-electron chi connectivity index (χ4n) is 3.23. The van der Waals surface area contributed by atoms with Crippen molar-refractivity contribution in [2.45, 2.75) is 44.8 Å². The van der Waals surface area contributed by atoms with Gasteiger partial charge in [-0.15, -0.1) is 18.3 Å². The molecule has 0 spiro atoms. The number of aliphatic hydroxyl groups excluding tert-OH is 1. The van der Waals surface area contributed by atoms with Crippen LogP contribution in [0.25, 0.3) is 0 Å². The molecule has 2 unspecified atom stereocenters. The highest BCUT2D eigenvalue weighted by Gasteiger charge is 2.31. The number of carbonyl (C=O) groups is 2. The van der Waals surface area contributed by atoms with E-state index in [9.17, 15) is 41.4 Å². The fourth-order valence-corrected chi connectivity index (χ4v) is 3.23. The maximum atomic E-state index is 14.5. The van der Waals surface area contributed by atoms with Gasteiger partial charge in [-0.05, 0) is 30.2 Å². The molecule has 2 aromatic heterocycles. The number of carbonyl (C=O) groups excluding carboxylic acids is 1. The third-order valence-electron chi connectivity index (χ3n) is 5.06. The first kappa shape index (κ1) is 29.0. The van der Waals surface area contributed by atoms with E-state index in [0.717, 1.165) is 39.8 Å². The number of hydrogen-bond acceptors (Lipinski definition) is 8. The minimum Gasteiger partial charge on any atom is -0.478 e. The number of aryl methyl sites for hydroxylation is 1. The van der Waals surface area contributed by atoms with Gasteiger partial charge >= 0.3 is 12.3 Å². The number of hydrogen-bond donors (Lipinski definition) is 4. The lowest BCUT2D eigenvalue weighted by atomic mass is 10.2. The van der Waals surface area contributed by atoms with Crippen molar-refractivity contribution in [3.8, 4) is 5.75 Å². The number of ether oxygens (including phenoxy) is 1. The van der Waals surface area contributed by atoms with Crippen molar-refractivity contribution < 1.29 is 46.5 Å². The molecule has 0 saturated carbocycles. The Balaban J connectivity index is 1.51. The molecule has 0 saturated heterocycles. The van der Waals surface area contributed by atoms with Gasteiger partial charge in [0.05, 0.1) is 18.4 Å². The van der Waals surface area contributed by atoms with Crippen molar-refractivity contribution in [3.05, 3.63) is 70.2 Å². The monoisotopic (exact) mass is 560 g/mol. The average Bonchev–Trinajstić information content (AvgIpc) is 3.32. The first-order valence-corrected chi connectivity index (χ1v) is 11.1. The first-order valence-electron chi connectivity index (χ1n) is 11.1. The van der Waals surface area contributed by atoms with E-state index in [1.165, 1.54) is 12.1 Å². The van der Waals surface area contributed by atoms with Crippen molar-refractivity contribution in [3.63, 3.8) is 0 Å². The van der Waals surface area contributed by atoms with Crippen LogP contribution >= 0.6 is 0 Å². The van der Waals surface area contributed by atoms with E-state index in [4.69, 9.17) is 5.11 Å². The van der Waals surface area contributed by atoms with E-state index in [1.807, 2.05) is 5.32 Å². The number of carboxylic acids is 1. The van der Waals surface area contributed by atoms with E-state index < -0.39 is 53.5 Å². The minimum atomic E-state index is -4.86. The normalized spacial score (nSPS) is 13.0. The van der Waals surface area contributed by atoms with Gasteiger partial charge < -0.3 is 30.2 Å². The second-order valence-electron chi connectivity index (χ2n) is 8.02. The van der Waals surface area contributed by atoms with Crippen molar-refractivity contribution in [1.82, 2.24) is 24.9 Å². The number of benzene rings is 1. The number of pyridine rings is 1. The third-order valence-corrected chi connectivity index (χ3v) is 5.06. The molecule has 0 aliphatic heterocycles. The Labute approximate surface area is 215 Å². The molecule has 12 nitrogen and oxygen atoms in total. The molecule has 210 valence electrons. The summed E-state index contributed by atoms with van der Waals surface area (Å²) >= 11 is 0. The molecule has 0 radical (unpaired) electrons. The van der Waals surface area contributed by atoms with E-state index in [1.54, 1.807) is 0 Å². The Morgan fingerprint density at radius 1 is 1.21 bits per heavy atom. The Bertz CT molecular complexity index is 1380. The quantitative estimate of drug-likeness (QED) is 0.191. The lowest BCUT2D eigenvalue weighted by Gasteiger charge is -2.13. The second kappa shape index (κ2) is 12.3. The molecule has 4 N–H and O–H groups in total. The SMILES string of the molecule is O=C(NCc1cccc(OC(F)(F)F)c1)c1cn(CC(F)CCn2ccc(NC(O)C(=O)O)c(F)c2=O)nn1. The van der Waals surface area contributed by atoms with E-state index >= 15 is 0 Å². The summed E-state index contributed by atoms with van der Waals surface area (Å²) in [6, 6.07) is 5.99. The molecule has 3 rings (SSSR count). The zero-order valence-corrected chi connectivity index (χ0v) is 19.7. The van der Waals surface area contributed by atoms with Crippen LogP contribution in [0.3, 0.4) is 0 Å². The molecule has 3 aromatic rings. The van der Waals surface area contributed by atoms with Crippen molar-refractivity contribution in [2.24, 2.45) is 0 Å². The van der Waals surface area contributed by atoms with Gasteiger partial charge in [-0.1, -0.05) is 17.3 Å². The van der Waals surface area contributed by atoms with E-state index in [-0.39, 0.29) is 31.7 Å². The number of nitrogens with one attached hydrogen (secondary N) is 2. The number of rotatable bonds is 12. The van der Waals surface area contributed by atoms with E-state index in [2.05, 4.69) is 20.4 Å². The van der Waals surface area contributed by atoms with Crippen LogP contribution in [-0.2, 0) is 24.4 Å². The molecular weight excluding hydrogens is 539 g/mol. The van der Waals surface area contributed by atoms with Crippen molar-refractivity contribution in [2.75, 3.05) is 5.32 Å². The standard InChI is InChI=1S/C22H21F5N6O6/c23-13(4-6-32-7-5-15(17(24)20(32)36)29-19(35)21(37)38)10-33-11-16(30-31-33)18(34)28-9-12-2-1-3-14(8-12)39-22(25,26)27/h1-3,5,7-8,11,13,19,29,35H,4,6,9-10H2,(H,28,34)(H,37,38). The smallest absolute Gasteiger partial charge is 0.478 e. The summed E-state index contributed by atoms with van der Waals surface area (Å²) < 4.78 is 71.4. The summed E-state index contributed by atoms with van der Waals surface area (Å²) in [5.41, 5.74) is -1.58. The topological polar surface area (TPSA) is 161 Å². The van der Waals surface area contributed by atoms with Crippen molar-refractivity contribution >= 4 is 17.6 Å². The van der Waals surface area contributed by atoms with E-state index in [0.29, 0.717) is 5.56 Å². The summed E-state index contributed by atoms with van der Waals surface area (Å²) in [7, 11) is 0. The highest BCUT2D eigenvalue weighted by atomic mass is 19.4. The highest BCUT2D eigenvalue weighted by Crippen LogP contribution is 2.23. The first-order chi connectivity index (χ1) is 18.3. The number of carboxylic acid groups (broad SMARTS) is 1. The van der Waals surface area contributed by atoms with Crippen LogP contribution in [0.1, 0.15) is 22.5 Å². The van der Waals surface area contributed by atoms with Crippen LogP contribution in [0.4, 0.5) is 27.6 Å². The molecule has 17 heteroatoms. The van der Waals surface area contributed by atoms with Crippen LogP contribution in [-0.4, -0.2) is 60.4 Å². The van der Waals surface area contributed by atoms with Crippen LogP contribution in [0.15, 0.2) is 47.5 Å². The van der Waals surface area contributed by atoms with Gasteiger partial charge in [-0.3, -0.25) is 9.59 Å². The Morgan fingerprint density at radius 2 is 1.95 bits per heavy atom. The predicted octanol–water partition coefficient (Wildman–Crippen LogP) is 1.65. The van der Waals surface area contributed by atoms with Gasteiger partial charge in [0, 0.05) is 19.3 Å². The average molecular weight is 560 g/mol. The molecule has 39 heavy (non-hydrogen) atoms. The molecule has 1 aromatic carbocycles. The maximum Gasteiger partial charge on any atom is 0.573 e. The lowest BCUT2D eigenvalue weighted by Crippen LogP contribution is -2.31. The number of amides is 1. The van der Waals surface area contributed by atoms with Crippen molar-refractivity contribution in [1.29, 1.82) is 0 Å². The highest BCUT2D eigenvalue weighted by molar-refractivity contribution is 5.91. The predicted molar refractivity (Wildman–Crippen MR) is 122 cm³/mol. The molecule has 0 bridgehead atoms. The molecule has 0 aliphatic carbocycles. The molecule has 1 amide bonds. The Morgan fingerprint density at radius 3 is 2.64 bits per heavy atom. The zero-order valence-electron chi connectivity index (χ0n) is 19.7. The zero-order chi connectivity index (χ0) is 28.7.